The summed E-state index contributed by atoms with van der Waals surface area (Å²) in [5.74, 6) is -2.28. The quantitative estimate of drug-likeness (QED) is 0.639. The molecule has 0 aromatic heterocycles. The molecule has 0 atom stereocenters. The van der Waals surface area contributed by atoms with Gasteiger partial charge in [-0.3, -0.25) is 4.79 Å². The van der Waals surface area contributed by atoms with Crippen molar-refractivity contribution in [1.82, 2.24) is 14.5 Å². The van der Waals surface area contributed by atoms with Crippen molar-refractivity contribution in [2.24, 2.45) is 0 Å². The summed E-state index contributed by atoms with van der Waals surface area (Å²) in [6.45, 7) is 2.67. The van der Waals surface area contributed by atoms with Gasteiger partial charge in [-0.2, -0.15) is 17.5 Å². The van der Waals surface area contributed by atoms with Crippen molar-refractivity contribution in [3.05, 3.63) is 24.3 Å². The van der Waals surface area contributed by atoms with Gasteiger partial charge in [0.15, 0.2) is 0 Å². The summed E-state index contributed by atoms with van der Waals surface area (Å²) in [6.07, 6.45) is -3.46. The zero-order valence-corrected chi connectivity index (χ0v) is 17.6. The van der Waals surface area contributed by atoms with Gasteiger partial charge in [0.2, 0.25) is 15.9 Å². The third kappa shape index (κ3) is 7.08. The second-order valence-corrected chi connectivity index (χ2v) is 8.78. The maximum Gasteiger partial charge on any atom is 0.490 e. The van der Waals surface area contributed by atoms with Gasteiger partial charge in [0.05, 0.1) is 18.6 Å². The Labute approximate surface area is 177 Å². The maximum absolute atomic E-state index is 12.9. The van der Waals surface area contributed by atoms with Crippen molar-refractivity contribution in [2.45, 2.75) is 30.0 Å². The largest absolute Gasteiger partial charge is 0.497 e. The number of aliphatic carboxylic acids is 1. The number of sulfonamides is 1. The van der Waals surface area contributed by atoms with E-state index in [0.29, 0.717) is 18.8 Å². The van der Waals surface area contributed by atoms with Gasteiger partial charge in [0.25, 0.3) is 0 Å². The van der Waals surface area contributed by atoms with Gasteiger partial charge in [-0.1, -0.05) is 0 Å². The van der Waals surface area contributed by atoms with E-state index in [1.54, 1.807) is 17.0 Å². The van der Waals surface area contributed by atoms with Crippen molar-refractivity contribution in [3.63, 3.8) is 0 Å². The fraction of sp³-hybridized carbons (Fsp3) is 0.556. The Kier molecular flexibility index (Phi) is 8.26. The summed E-state index contributed by atoms with van der Waals surface area (Å²) >= 11 is 0. The van der Waals surface area contributed by atoms with E-state index in [1.165, 1.54) is 23.5 Å². The highest BCUT2D eigenvalue weighted by atomic mass is 32.2. The molecular formula is C18H24F3N3O6S. The first-order valence-corrected chi connectivity index (χ1v) is 10.9. The summed E-state index contributed by atoms with van der Waals surface area (Å²) in [5.41, 5.74) is 0. The number of methoxy groups -OCH3 is 1. The van der Waals surface area contributed by atoms with E-state index in [0.717, 1.165) is 25.9 Å². The molecule has 2 N–H and O–H groups in total. The molecule has 1 saturated carbocycles. The summed E-state index contributed by atoms with van der Waals surface area (Å²) in [5, 5.41) is 10.3. The molecule has 2 aliphatic rings. The number of nitrogens with zero attached hydrogens (tertiary/aromatic N) is 2. The Bertz CT molecular complexity index is 867. The first-order chi connectivity index (χ1) is 14.5. The van der Waals surface area contributed by atoms with E-state index in [-0.39, 0.29) is 23.4 Å². The number of carboxylic acids is 1. The van der Waals surface area contributed by atoms with Crippen LogP contribution in [0.1, 0.15) is 12.8 Å². The summed E-state index contributed by atoms with van der Waals surface area (Å²) in [4.78, 5) is 23.3. The van der Waals surface area contributed by atoms with Crippen molar-refractivity contribution < 1.29 is 41.0 Å². The number of carbonyl (C=O) groups excluding carboxylic acids is 1. The molecule has 1 heterocycles. The SMILES string of the molecule is COc1ccc(S(=O)(=O)N(CC(=O)N2CCNCC2)C2CC2)cc1.O=C(O)C(F)(F)F. The first-order valence-electron chi connectivity index (χ1n) is 9.41. The van der Waals surface area contributed by atoms with Gasteiger partial charge >= 0.3 is 12.1 Å². The van der Waals surface area contributed by atoms with Crippen molar-refractivity contribution in [1.29, 1.82) is 0 Å². The first kappa shape index (κ1) is 24.9. The molecule has 1 amide bonds. The molecule has 174 valence electrons. The fourth-order valence-corrected chi connectivity index (χ4v) is 4.44. The molecule has 1 saturated heterocycles. The molecule has 1 aliphatic carbocycles. The molecule has 31 heavy (non-hydrogen) atoms. The van der Waals surface area contributed by atoms with E-state index < -0.39 is 22.2 Å². The van der Waals surface area contributed by atoms with Gasteiger partial charge in [0.1, 0.15) is 5.75 Å². The van der Waals surface area contributed by atoms with Gasteiger partial charge < -0.3 is 20.1 Å². The molecule has 9 nitrogen and oxygen atoms in total. The van der Waals surface area contributed by atoms with E-state index in [2.05, 4.69) is 5.32 Å². The van der Waals surface area contributed by atoms with Crippen LogP contribution in [0, 0.1) is 0 Å². The second kappa shape index (κ2) is 10.3. The molecule has 13 heteroatoms. The monoisotopic (exact) mass is 467 g/mol. The van der Waals surface area contributed by atoms with Crippen molar-refractivity contribution >= 4 is 21.9 Å². The molecule has 1 aromatic rings. The van der Waals surface area contributed by atoms with Crippen LogP contribution < -0.4 is 10.1 Å². The molecule has 0 radical (unpaired) electrons. The number of carboxylic acid groups (broad SMARTS) is 1. The highest BCUT2D eigenvalue weighted by molar-refractivity contribution is 7.89. The number of piperazine rings is 1. The Morgan fingerprint density at radius 1 is 1.19 bits per heavy atom. The molecule has 0 spiro atoms. The highest BCUT2D eigenvalue weighted by Crippen LogP contribution is 2.32. The van der Waals surface area contributed by atoms with Crippen LogP contribution in [0.2, 0.25) is 0 Å². The third-order valence-corrected chi connectivity index (χ3v) is 6.54. The number of halogens is 3. The fourth-order valence-electron chi connectivity index (χ4n) is 2.80. The lowest BCUT2D eigenvalue weighted by Gasteiger charge is -2.30. The topological polar surface area (TPSA) is 116 Å². The van der Waals surface area contributed by atoms with E-state index in [4.69, 9.17) is 14.6 Å². The predicted octanol–water partition coefficient (Wildman–Crippen LogP) is 0.913. The zero-order chi connectivity index (χ0) is 23.2. The number of ether oxygens (including phenoxy) is 1. The number of alkyl halides is 3. The van der Waals surface area contributed by atoms with Crippen molar-refractivity contribution in [2.75, 3.05) is 39.8 Å². The summed E-state index contributed by atoms with van der Waals surface area (Å²) in [6, 6.07) is 6.23. The second-order valence-electron chi connectivity index (χ2n) is 6.89. The molecule has 2 fully saturated rings. The molecular weight excluding hydrogens is 443 g/mol. The van der Waals surface area contributed by atoms with Crippen LogP contribution in [0.3, 0.4) is 0 Å². The van der Waals surface area contributed by atoms with Gasteiger partial charge in [-0.05, 0) is 37.1 Å². The molecule has 0 unspecified atom stereocenters. The lowest BCUT2D eigenvalue weighted by molar-refractivity contribution is -0.192. The van der Waals surface area contributed by atoms with Crippen LogP contribution in [0.4, 0.5) is 13.2 Å². The smallest absolute Gasteiger partial charge is 0.490 e. The lowest BCUT2D eigenvalue weighted by atomic mass is 10.3. The van der Waals surface area contributed by atoms with E-state index >= 15 is 0 Å². The van der Waals surface area contributed by atoms with Crippen LogP contribution in [0.15, 0.2) is 29.2 Å². The maximum atomic E-state index is 12.9. The van der Waals surface area contributed by atoms with E-state index in [1.807, 2.05) is 0 Å². The third-order valence-electron chi connectivity index (χ3n) is 4.62. The highest BCUT2D eigenvalue weighted by Gasteiger charge is 2.40. The lowest BCUT2D eigenvalue weighted by Crippen LogP contribution is -2.50. The average molecular weight is 467 g/mol. The Morgan fingerprint density at radius 2 is 1.71 bits per heavy atom. The minimum Gasteiger partial charge on any atom is -0.497 e. The number of hydrogen-bond acceptors (Lipinski definition) is 6. The number of amides is 1. The summed E-state index contributed by atoms with van der Waals surface area (Å²) < 4.78 is 64.0. The normalized spacial score (nSPS) is 17.0. The number of nitrogens with one attached hydrogen (secondary N) is 1. The molecule has 1 aliphatic heterocycles. The standard InChI is InChI=1S/C16H23N3O4S.C2HF3O2/c1-23-14-4-6-15(7-5-14)24(21,22)19(13-2-3-13)12-16(20)18-10-8-17-9-11-18;3-2(4,5)1(6)7/h4-7,13,17H,2-3,8-12H2,1H3;(H,6,7). The number of benzene rings is 1. The zero-order valence-electron chi connectivity index (χ0n) is 16.8. The predicted molar refractivity (Wildman–Crippen MR) is 103 cm³/mol. The molecule has 0 bridgehead atoms. The average Bonchev–Trinajstić information content (AvgIpc) is 3.57. The Morgan fingerprint density at radius 3 is 2.13 bits per heavy atom. The Balaban J connectivity index is 0.000000423. The van der Waals surface area contributed by atoms with Crippen LogP contribution in [0.25, 0.3) is 0 Å². The molecule has 1 aromatic carbocycles. The van der Waals surface area contributed by atoms with E-state index in [9.17, 15) is 26.4 Å². The van der Waals surface area contributed by atoms with Crippen LogP contribution >= 0.6 is 0 Å². The minimum absolute atomic E-state index is 0.0658. The molecule has 3 rings (SSSR count). The van der Waals surface area contributed by atoms with Crippen molar-refractivity contribution in [3.8, 4) is 5.75 Å². The summed E-state index contributed by atoms with van der Waals surface area (Å²) in [7, 11) is -2.15. The van der Waals surface area contributed by atoms with Gasteiger partial charge in [-0.25, -0.2) is 13.2 Å². The van der Waals surface area contributed by atoms with Gasteiger partial charge in [0, 0.05) is 32.2 Å². The minimum atomic E-state index is -5.08. The van der Waals surface area contributed by atoms with Crippen LogP contribution in [0.5, 0.6) is 5.75 Å². The van der Waals surface area contributed by atoms with Crippen LogP contribution in [-0.2, 0) is 19.6 Å². The van der Waals surface area contributed by atoms with Crippen LogP contribution in [-0.4, -0.2) is 86.7 Å². The Hall–Kier alpha value is -2.38. The van der Waals surface area contributed by atoms with Gasteiger partial charge in [-0.15, -0.1) is 0 Å². The number of hydrogen-bond donors (Lipinski definition) is 2. The number of carbonyl (C=O) groups is 2. The number of rotatable bonds is 6.